The lowest BCUT2D eigenvalue weighted by atomic mass is 9.77. The van der Waals surface area contributed by atoms with E-state index in [2.05, 4.69) is 11.1 Å². The van der Waals surface area contributed by atoms with E-state index in [1.54, 1.807) is 12.1 Å². The quantitative estimate of drug-likeness (QED) is 0.190. The third-order valence-corrected chi connectivity index (χ3v) is 7.68. The molecule has 3 aromatic rings. The Kier molecular flexibility index (Phi) is 7.09. The van der Waals surface area contributed by atoms with Crippen molar-refractivity contribution in [2.45, 2.75) is 56.9 Å². The topological polar surface area (TPSA) is 43.4 Å². The van der Waals surface area contributed by atoms with Gasteiger partial charge in [0.25, 0.3) is 0 Å². The van der Waals surface area contributed by atoms with Gasteiger partial charge in [0.05, 0.1) is 0 Å². The smallest absolute Gasteiger partial charge is 0.373 e. The Labute approximate surface area is 201 Å². The van der Waals surface area contributed by atoms with E-state index in [0.717, 1.165) is 42.5 Å². The average molecular weight is 513 g/mol. The first-order valence-corrected chi connectivity index (χ1v) is 12.9. The van der Waals surface area contributed by atoms with E-state index in [0.29, 0.717) is 16.7 Å². The predicted octanol–water partition coefficient (Wildman–Crippen LogP) is 8.09. The van der Waals surface area contributed by atoms with Gasteiger partial charge in [-0.1, -0.05) is 56.2 Å². The van der Waals surface area contributed by atoms with E-state index in [-0.39, 0.29) is 11.1 Å². The van der Waals surface area contributed by atoms with Gasteiger partial charge in [-0.3, -0.25) is 0 Å². The van der Waals surface area contributed by atoms with Gasteiger partial charge in [0.15, 0.2) is 11.6 Å². The van der Waals surface area contributed by atoms with Gasteiger partial charge in [-0.25, -0.2) is 8.78 Å². The molecule has 0 aromatic heterocycles. The zero-order chi connectivity index (χ0) is 25.4. The maximum Gasteiger partial charge on any atom is 0.534 e. The number of fused-ring (bicyclic) bond motifs is 1. The summed E-state index contributed by atoms with van der Waals surface area (Å²) < 4.78 is 93.3. The van der Waals surface area contributed by atoms with Crippen LogP contribution in [0.5, 0.6) is 5.75 Å². The normalized spacial score (nSPS) is 19.1. The molecular formula is C26H25F5O3S. The van der Waals surface area contributed by atoms with Crippen molar-refractivity contribution in [3.8, 4) is 16.9 Å². The summed E-state index contributed by atoms with van der Waals surface area (Å²) in [5.74, 6) is -1.86. The molecular weight excluding hydrogens is 487 g/mol. The molecule has 0 spiro atoms. The molecule has 0 amide bonds. The Morgan fingerprint density at radius 1 is 0.943 bits per heavy atom. The standard InChI is InChI=1S/C26H25F5O3S/c1-2-3-16-4-6-17(7-5-16)18-8-11-21-19(14-18)9-12-22(25(21)28)20-10-13-24(23(27)15-20)34-35(32,33)26(29,30)31/h8-17H,2-7H2,1H3/t16-,17-. The third kappa shape index (κ3) is 5.29. The molecule has 9 heteroatoms. The van der Waals surface area contributed by atoms with Crippen molar-refractivity contribution in [3.63, 3.8) is 0 Å². The number of alkyl halides is 3. The molecule has 0 atom stereocenters. The fourth-order valence-electron chi connectivity index (χ4n) is 4.88. The van der Waals surface area contributed by atoms with Gasteiger partial charge in [-0.2, -0.15) is 21.6 Å². The van der Waals surface area contributed by atoms with Crippen molar-refractivity contribution in [3.05, 3.63) is 65.7 Å². The number of hydrogen-bond donors (Lipinski definition) is 0. The molecule has 188 valence electrons. The summed E-state index contributed by atoms with van der Waals surface area (Å²) in [6, 6.07) is 11.4. The van der Waals surface area contributed by atoms with Crippen LogP contribution in [0.15, 0.2) is 48.5 Å². The van der Waals surface area contributed by atoms with E-state index >= 15 is 4.39 Å². The van der Waals surface area contributed by atoms with Crippen LogP contribution in [0.1, 0.15) is 56.9 Å². The highest BCUT2D eigenvalue weighted by molar-refractivity contribution is 7.88. The van der Waals surface area contributed by atoms with Crippen LogP contribution in [0, 0.1) is 17.6 Å². The Bertz CT molecular complexity index is 1330. The van der Waals surface area contributed by atoms with Crippen LogP contribution >= 0.6 is 0 Å². The molecule has 0 bridgehead atoms. The summed E-state index contributed by atoms with van der Waals surface area (Å²) in [7, 11) is -6.02. The second-order valence-electron chi connectivity index (χ2n) is 9.04. The second-order valence-corrected chi connectivity index (χ2v) is 10.6. The Morgan fingerprint density at radius 3 is 2.29 bits per heavy atom. The number of benzene rings is 3. The lowest BCUT2D eigenvalue weighted by Gasteiger charge is -2.28. The van der Waals surface area contributed by atoms with Gasteiger partial charge in [0.2, 0.25) is 0 Å². The van der Waals surface area contributed by atoms with Gasteiger partial charge >= 0.3 is 15.6 Å². The van der Waals surface area contributed by atoms with E-state index in [4.69, 9.17) is 0 Å². The Hall–Kier alpha value is -2.68. The molecule has 0 radical (unpaired) electrons. The minimum absolute atomic E-state index is 0.0365. The molecule has 0 N–H and O–H groups in total. The summed E-state index contributed by atoms with van der Waals surface area (Å²) in [6.45, 7) is 2.20. The lowest BCUT2D eigenvalue weighted by molar-refractivity contribution is -0.0500. The minimum Gasteiger partial charge on any atom is -0.373 e. The largest absolute Gasteiger partial charge is 0.534 e. The lowest BCUT2D eigenvalue weighted by Crippen LogP contribution is -2.28. The maximum absolute atomic E-state index is 15.3. The maximum atomic E-state index is 15.3. The number of hydrogen-bond acceptors (Lipinski definition) is 3. The highest BCUT2D eigenvalue weighted by atomic mass is 32.2. The first-order chi connectivity index (χ1) is 16.5. The molecule has 0 unspecified atom stereocenters. The predicted molar refractivity (Wildman–Crippen MR) is 125 cm³/mol. The van der Waals surface area contributed by atoms with Gasteiger partial charge < -0.3 is 4.18 Å². The first-order valence-electron chi connectivity index (χ1n) is 11.5. The SMILES string of the molecule is CCC[C@H]1CC[C@H](c2ccc3c(F)c(-c4ccc(OS(=O)(=O)C(F)(F)F)c(F)c4)ccc3c2)CC1. The minimum atomic E-state index is -6.02. The monoisotopic (exact) mass is 512 g/mol. The molecule has 4 rings (SSSR count). The van der Waals surface area contributed by atoms with Crippen molar-refractivity contribution in [2.24, 2.45) is 5.92 Å². The van der Waals surface area contributed by atoms with Gasteiger partial charge in [-0.05, 0) is 66.2 Å². The first kappa shape index (κ1) is 25.4. The second kappa shape index (κ2) is 9.76. The van der Waals surface area contributed by atoms with Crippen LogP contribution in [0.25, 0.3) is 21.9 Å². The third-order valence-electron chi connectivity index (χ3n) is 6.72. The molecule has 1 aliphatic rings. The van der Waals surface area contributed by atoms with E-state index in [1.807, 2.05) is 12.1 Å². The molecule has 0 heterocycles. The summed E-state index contributed by atoms with van der Waals surface area (Å²) in [5.41, 5.74) is -4.46. The molecule has 3 nitrogen and oxygen atoms in total. The zero-order valence-electron chi connectivity index (χ0n) is 19.0. The van der Waals surface area contributed by atoms with E-state index < -0.39 is 33.0 Å². The fourth-order valence-corrected chi connectivity index (χ4v) is 5.35. The molecule has 0 aliphatic heterocycles. The summed E-state index contributed by atoms with van der Waals surface area (Å²) >= 11 is 0. The number of rotatable bonds is 6. The fraction of sp³-hybridized carbons (Fsp3) is 0.385. The molecule has 0 saturated heterocycles. The van der Waals surface area contributed by atoms with Gasteiger partial charge in [0, 0.05) is 10.9 Å². The van der Waals surface area contributed by atoms with E-state index in [1.165, 1.54) is 31.7 Å². The van der Waals surface area contributed by atoms with E-state index in [9.17, 15) is 26.0 Å². The number of halogens is 5. The van der Waals surface area contributed by atoms with Crippen molar-refractivity contribution in [1.82, 2.24) is 0 Å². The van der Waals surface area contributed by atoms with Crippen LogP contribution in [-0.2, 0) is 10.1 Å². The summed E-state index contributed by atoms with van der Waals surface area (Å²) in [5, 5.41) is 1.04. The summed E-state index contributed by atoms with van der Waals surface area (Å²) in [4.78, 5) is 0. The Balaban J connectivity index is 1.58. The van der Waals surface area contributed by atoms with Gasteiger partial charge in [-0.15, -0.1) is 0 Å². The van der Waals surface area contributed by atoms with Crippen LogP contribution in [0.3, 0.4) is 0 Å². The van der Waals surface area contributed by atoms with Crippen molar-refractivity contribution in [1.29, 1.82) is 0 Å². The Morgan fingerprint density at radius 2 is 1.66 bits per heavy atom. The summed E-state index contributed by atoms with van der Waals surface area (Å²) in [6.07, 6.45) is 7.05. The van der Waals surface area contributed by atoms with Crippen molar-refractivity contribution >= 4 is 20.9 Å². The van der Waals surface area contributed by atoms with Crippen LogP contribution in [0.4, 0.5) is 22.0 Å². The van der Waals surface area contributed by atoms with Gasteiger partial charge in [0.1, 0.15) is 5.82 Å². The van der Waals surface area contributed by atoms with Crippen LogP contribution in [0.2, 0.25) is 0 Å². The van der Waals surface area contributed by atoms with Crippen molar-refractivity contribution < 1.29 is 34.6 Å². The highest BCUT2D eigenvalue weighted by Crippen LogP contribution is 2.39. The average Bonchev–Trinajstić information content (AvgIpc) is 2.80. The molecule has 1 fully saturated rings. The van der Waals surface area contributed by atoms with Crippen molar-refractivity contribution in [2.75, 3.05) is 0 Å². The molecule has 1 saturated carbocycles. The molecule has 1 aliphatic carbocycles. The zero-order valence-corrected chi connectivity index (χ0v) is 19.9. The highest BCUT2D eigenvalue weighted by Gasteiger charge is 2.48. The van der Waals surface area contributed by atoms with Crippen LogP contribution in [-0.4, -0.2) is 13.9 Å². The van der Waals surface area contributed by atoms with Crippen LogP contribution < -0.4 is 4.18 Å². The molecule has 3 aromatic carbocycles. The molecule has 35 heavy (non-hydrogen) atoms.